The summed E-state index contributed by atoms with van der Waals surface area (Å²) in [5.41, 5.74) is 0.390. The highest BCUT2D eigenvalue weighted by Crippen LogP contribution is 2.25. The van der Waals surface area contributed by atoms with Gasteiger partial charge in [0.25, 0.3) is 5.91 Å². The number of nitrogens with one attached hydrogen (secondary N) is 1. The lowest BCUT2D eigenvalue weighted by atomic mass is 9.98. The summed E-state index contributed by atoms with van der Waals surface area (Å²) in [4.78, 5) is 39.0. The number of rotatable bonds is 5. The van der Waals surface area contributed by atoms with Crippen LogP contribution in [0.3, 0.4) is 0 Å². The fraction of sp³-hybridized carbons (Fsp3) is 0.450. The number of sulfonamides is 1. The molecule has 0 aromatic heterocycles. The summed E-state index contributed by atoms with van der Waals surface area (Å²) in [5, 5.41) is 12.4. The maximum atomic E-state index is 13.3. The van der Waals surface area contributed by atoms with Gasteiger partial charge in [0, 0.05) is 24.7 Å². The van der Waals surface area contributed by atoms with Crippen LogP contribution >= 0.6 is 0 Å². The van der Waals surface area contributed by atoms with E-state index in [9.17, 15) is 27.9 Å². The molecule has 0 radical (unpaired) electrons. The number of aliphatic carboxylic acids is 1. The molecule has 0 unspecified atom stereocenters. The third-order valence-electron chi connectivity index (χ3n) is 5.40. The Hall–Kier alpha value is -2.72. The SMILES string of the molecule is CCS(=O)(=O)N1C[C@@H]2C/C=C\C[C@H](NC(=O)c3ccccc3)C(=O)N2[C@H](C(=O)O)C1. The molecule has 162 valence electrons. The van der Waals surface area contributed by atoms with E-state index >= 15 is 0 Å². The Kier molecular flexibility index (Phi) is 6.57. The highest BCUT2D eigenvalue weighted by atomic mass is 32.2. The molecular formula is C20H25N3O6S. The largest absolute Gasteiger partial charge is 0.480 e. The minimum absolute atomic E-state index is 0.0232. The van der Waals surface area contributed by atoms with Crippen molar-refractivity contribution < 1.29 is 27.9 Å². The fourth-order valence-corrected chi connectivity index (χ4v) is 4.91. The van der Waals surface area contributed by atoms with Crippen LogP contribution in [0, 0.1) is 0 Å². The van der Waals surface area contributed by atoms with Gasteiger partial charge in [-0.1, -0.05) is 30.4 Å². The number of amides is 2. The number of piperazine rings is 1. The zero-order valence-corrected chi connectivity index (χ0v) is 17.4. The maximum Gasteiger partial charge on any atom is 0.327 e. The molecular weight excluding hydrogens is 410 g/mol. The number of hydrogen-bond acceptors (Lipinski definition) is 5. The summed E-state index contributed by atoms with van der Waals surface area (Å²) >= 11 is 0. The van der Waals surface area contributed by atoms with Crippen molar-refractivity contribution in [1.29, 1.82) is 0 Å². The predicted octanol–water partition coefficient (Wildman–Crippen LogP) is 0.451. The van der Waals surface area contributed by atoms with Crippen LogP contribution in [0.4, 0.5) is 0 Å². The number of hydrogen-bond donors (Lipinski definition) is 2. The predicted molar refractivity (Wildman–Crippen MR) is 109 cm³/mol. The highest BCUT2D eigenvalue weighted by molar-refractivity contribution is 7.89. The lowest BCUT2D eigenvalue weighted by Crippen LogP contribution is -2.66. The quantitative estimate of drug-likeness (QED) is 0.647. The van der Waals surface area contributed by atoms with Gasteiger partial charge in [-0.2, -0.15) is 4.31 Å². The van der Waals surface area contributed by atoms with Gasteiger partial charge in [-0.25, -0.2) is 13.2 Å². The number of benzene rings is 1. The van der Waals surface area contributed by atoms with Crippen molar-refractivity contribution in [3.05, 3.63) is 48.0 Å². The Morgan fingerprint density at radius 1 is 1.13 bits per heavy atom. The van der Waals surface area contributed by atoms with Crippen molar-refractivity contribution in [3.8, 4) is 0 Å². The first-order chi connectivity index (χ1) is 14.2. The smallest absolute Gasteiger partial charge is 0.327 e. The van der Waals surface area contributed by atoms with Crippen molar-refractivity contribution in [2.45, 2.75) is 37.9 Å². The van der Waals surface area contributed by atoms with Gasteiger partial charge in [0.15, 0.2) is 0 Å². The van der Waals surface area contributed by atoms with Gasteiger partial charge < -0.3 is 15.3 Å². The van der Waals surface area contributed by atoms with Crippen LogP contribution in [0.25, 0.3) is 0 Å². The van der Waals surface area contributed by atoms with Gasteiger partial charge in [-0.05, 0) is 31.9 Å². The van der Waals surface area contributed by atoms with E-state index in [0.29, 0.717) is 12.0 Å². The van der Waals surface area contributed by atoms with Crippen molar-refractivity contribution in [2.75, 3.05) is 18.8 Å². The van der Waals surface area contributed by atoms with E-state index in [1.165, 1.54) is 11.8 Å². The second kappa shape index (κ2) is 8.97. The normalized spacial score (nSPS) is 26.2. The van der Waals surface area contributed by atoms with Crippen LogP contribution in [0.2, 0.25) is 0 Å². The molecule has 1 aromatic rings. The zero-order valence-electron chi connectivity index (χ0n) is 16.6. The van der Waals surface area contributed by atoms with Crippen LogP contribution < -0.4 is 5.32 Å². The monoisotopic (exact) mass is 435 g/mol. The third kappa shape index (κ3) is 4.54. The van der Waals surface area contributed by atoms with Gasteiger partial charge in [0.05, 0.1) is 5.75 Å². The molecule has 1 fully saturated rings. The molecule has 0 saturated carbocycles. The van der Waals surface area contributed by atoms with E-state index in [0.717, 1.165) is 4.31 Å². The van der Waals surface area contributed by atoms with Crippen LogP contribution in [0.1, 0.15) is 30.1 Å². The molecule has 3 rings (SSSR count). The number of carboxylic acids is 1. The second-order valence-corrected chi connectivity index (χ2v) is 9.56. The lowest BCUT2D eigenvalue weighted by molar-refractivity contribution is -0.156. The van der Waals surface area contributed by atoms with Gasteiger partial charge in [0.1, 0.15) is 12.1 Å². The number of carbonyl (C=O) groups excluding carboxylic acids is 2. The van der Waals surface area contributed by atoms with Gasteiger partial charge in [-0.3, -0.25) is 9.59 Å². The van der Waals surface area contributed by atoms with E-state index in [4.69, 9.17) is 0 Å². The van der Waals surface area contributed by atoms with E-state index < -0.39 is 45.9 Å². The van der Waals surface area contributed by atoms with Crippen LogP contribution in [-0.2, 0) is 19.6 Å². The summed E-state index contributed by atoms with van der Waals surface area (Å²) in [6.07, 6.45) is 4.12. The fourth-order valence-electron chi connectivity index (χ4n) is 3.78. The van der Waals surface area contributed by atoms with Crippen molar-refractivity contribution in [3.63, 3.8) is 0 Å². The molecule has 30 heavy (non-hydrogen) atoms. The molecule has 2 heterocycles. The highest BCUT2D eigenvalue weighted by Gasteiger charge is 2.46. The number of fused-ring (bicyclic) bond motifs is 1. The third-order valence-corrected chi connectivity index (χ3v) is 7.22. The van der Waals surface area contributed by atoms with Crippen molar-refractivity contribution >= 4 is 27.8 Å². The van der Waals surface area contributed by atoms with Crippen LogP contribution in [0.15, 0.2) is 42.5 Å². The Morgan fingerprint density at radius 2 is 1.80 bits per heavy atom. The van der Waals surface area contributed by atoms with Gasteiger partial charge >= 0.3 is 5.97 Å². The number of carbonyl (C=O) groups is 3. The first kappa shape index (κ1) is 22.0. The summed E-state index contributed by atoms with van der Waals surface area (Å²) < 4.78 is 25.9. The molecule has 3 atom stereocenters. The van der Waals surface area contributed by atoms with Gasteiger partial charge in [0.2, 0.25) is 15.9 Å². The number of nitrogens with zero attached hydrogens (tertiary/aromatic N) is 2. The Bertz CT molecular complexity index is 947. The lowest BCUT2D eigenvalue weighted by Gasteiger charge is -2.45. The summed E-state index contributed by atoms with van der Waals surface area (Å²) in [6, 6.07) is 5.55. The summed E-state index contributed by atoms with van der Waals surface area (Å²) in [6.45, 7) is 1.21. The molecule has 10 heteroatoms. The second-order valence-electron chi connectivity index (χ2n) is 7.31. The van der Waals surface area contributed by atoms with E-state index in [1.807, 2.05) is 0 Å². The minimum atomic E-state index is -3.61. The average Bonchev–Trinajstić information content (AvgIpc) is 2.74. The maximum absolute atomic E-state index is 13.3. The Balaban J connectivity index is 1.88. The zero-order chi connectivity index (χ0) is 21.9. The molecule has 1 saturated heterocycles. The van der Waals surface area contributed by atoms with E-state index in [1.54, 1.807) is 42.5 Å². The molecule has 1 aromatic carbocycles. The standard InChI is InChI=1S/C20H25N3O6S/c1-2-30(28,29)22-12-15-10-6-7-11-16(19(25)23(15)17(13-22)20(26)27)21-18(24)14-8-4-3-5-9-14/h3-9,15-17H,2,10-13H2,1H3,(H,21,24)(H,26,27)/b7-6-/t15-,16-,17-/m0/s1. The minimum Gasteiger partial charge on any atom is -0.480 e. The first-order valence-electron chi connectivity index (χ1n) is 9.78. The molecule has 2 aliphatic heterocycles. The van der Waals surface area contributed by atoms with Crippen LogP contribution in [-0.4, -0.2) is 77.5 Å². The molecule has 0 bridgehead atoms. The average molecular weight is 436 g/mol. The Labute approximate surface area is 175 Å². The first-order valence-corrected chi connectivity index (χ1v) is 11.4. The van der Waals surface area contributed by atoms with Crippen molar-refractivity contribution in [2.24, 2.45) is 0 Å². The number of carboxylic acid groups (broad SMARTS) is 1. The molecule has 0 spiro atoms. The van der Waals surface area contributed by atoms with E-state index in [-0.39, 0.29) is 25.3 Å². The Morgan fingerprint density at radius 3 is 2.43 bits per heavy atom. The molecule has 9 nitrogen and oxygen atoms in total. The van der Waals surface area contributed by atoms with Crippen molar-refractivity contribution in [1.82, 2.24) is 14.5 Å². The molecule has 2 amide bonds. The summed E-state index contributed by atoms with van der Waals surface area (Å²) in [7, 11) is -3.61. The van der Waals surface area contributed by atoms with Crippen LogP contribution in [0.5, 0.6) is 0 Å². The topological polar surface area (TPSA) is 124 Å². The molecule has 2 aliphatic rings. The van der Waals surface area contributed by atoms with E-state index in [2.05, 4.69) is 5.32 Å². The van der Waals surface area contributed by atoms with Gasteiger partial charge in [-0.15, -0.1) is 0 Å². The molecule has 2 N–H and O–H groups in total. The molecule has 0 aliphatic carbocycles. The summed E-state index contributed by atoms with van der Waals surface area (Å²) in [5.74, 6) is -2.37.